The summed E-state index contributed by atoms with van der Waals surface area (Å²) in [4.78, 5) is 22.6. The fourth-order valence-electron chi connectivity index (χ4n) is 1.50. The van der Waals surface area contributed by atoms with Crippen LogP contribution in [0.15, 0.2) is 48.7 Å². The molecule has 0 atom stereocenters. The van der Waals surface area contributed by atoms with Crippen LogP contribution in [0.4, 0.5) is 4.79 Å². The smallest absolute Gasteiger partial charge is 0.423 e. The molecule has 0 spiro atoms. The largest absolute Gasteiger partial charge is 0.464 e. The molecule has 2 rings (SSSR count). The van der Waals surface area contributed by atoms with Crippen LogP contribution in [-0.2, 0) is 0 Å². The molecule has 1 aromatic carbocycles. The molecule has 0 bridgehead atoms. The Balaban J connectivity index is 2.32. The van der Waals surface area contributed by atoms with Crippen LogP contribution in [0.2, 0.25) is 0 Å². The van der Waals surface area contributed by atoms with Gasteiger partial charge < -0.3 is 5.11 Å². The summed E-state index contributed by atoms with van der Waals surface area (Å²) in [6.45, 7) is 0. The number of carbonyl (C=O) groups is 2. The van der Waals surface area contributed by atoms with E-state index in [1.54, 1.807) is 36.4 Å². The summed E-state index contributed by atoms with van der Waals surface area (Å²) in [6.07, 6.45) is 0.257. The van der Waals surface area contributed by atoms with E-state index in [1.807, 2.05) is 6.07 Å². The third-order valence-electron chi connectivity index (χ3n) is 2.23. The molecule has 0 unspecified atom stereocenters. The Morgan fingerprint density at radius 1 is 1.06 bits per heavy atom. The van der Waals surface area contributed by atoms with Crippen LogP contribution in [0.25, 0.3) is 0 Å². The molecular weight excluding hydrogens is 220 g/mol. The Kier molecular flexibility index (Phi) is 2.91. The van der Waals surface area contributed by atoms with Gasteiger partial charge in [0.25, 0.3) is 0 Å². The zero-order chi connectivity index (χ0) is 12.3. The number of aromatic nitrogens is 1. The molecule has 1 amide bonds. The summed E-state index contributed by atoms with van der Waals surface area (Å²) in [5.41, 5.74) is 2.91. The highest BCUT2D eigenvalue weighted by Gasteiger charge is 2.13. The summed E-state index contributed by atoms with van der Waals surface area (Å²) in [6, 6.07) is 11.8. The Morgan fingerprint density at radius 2 is 1.76 bits per heavy atom. The first kappa shape index (κ1) is 10.9. The van der Waals surface area contributed by atoms with E-state index < -0.39 is 6.09 Å². The van der Waals surface area contributed by atoms with E-state index in [0.717, 1.165) is 0 Å². The van der Waals surface area contributed by atoms with Crippen molar-refractivity contribution in [2.45, 2.75) is 0 Å². The number of amides is 1. The number of hydrogen-bond acceptors (Lipinski definition) is 2. The maximum atomic E-state index is 12.1. The minimum absolute atomic E-state index is 0.232. The quantitative estimate of drug-likeness (QED) is 0.791. The lowest BCUT2D eigenvalue weighted by Crippen LogP contribution is -2.23. The van der Waals surface area contributed by atoms with Gasteiger partial charge in [0.05, 0.1) is 0 Å². The molecule has 17 heavy (non-hydrogen) atoms. The Morgan fingerprint density at radius 3 is 2.41 bits per heavy atom. The topological polar surface area (TPSA) is 71.3 Å². The van der Waals surface area contributed by atoms with Gasteiger partial charge in [0, 0.05) is 11.8 Å². The second-order valence-electron chi connectivity index (χ2n) is 3.38. The number of hydrogen-bond donors (Lipinski definition) is 2. The van der Waals surface area contributed by atoms with E-state index in [9.17, 15) is 9.59 Å². The van der Waals surface area contributed by atoms with E-state index in [1.165, 1.54) is 10.9 Å². The Bertz CT molecular complexity index is 546. The van der Waals surface area contributed by atoms with Gasteiger partial charge in [0.15, 0.2) is 0 Å². The van der Waals surface area contributed by atoms with E-state index in [0.29, 0.717) is 5.56 Å². The summed E-state index contributed by atoms with van der Waals surface area (Å²) >= 11 is 0. The predicted molar refractivity (Wildman–Crippen MR) is 61.7 cm³/mol. The van der Waals surface area contributed by atoms with Crippen molar-refractivity contribution in [1.29, 1.82) is 0 Å². The zero-order valence-electron chi connectivity index (χ0n) is 8.83. The normalized spacial score (nSPS) is 9.88. The highest BCUT2D eigenvalue weighted by atomic mass is 16.4. The average Bonchev–Trinajstić information content (AvgIpc) is 2.76. The first-order chi connectivity index (χ1) is 8.18. The van der Waals surface area contributed by atoms with Crippen molar-refractivity contribution < 1.29 is 14.7 Å². The summed E-state index contributed by atoms with van der Waals surface area (Å²) in [7, 11) is 0. The minimum Gasteiger partial charge on any atom is -0.464 e. The fourth-order valence-corrected chi connectivity index (χ4v) is 1.50. The van der Waals surface area contributed by atoms with Crippen molar-refractivity contribution in [2.75, 3.05) is 5.43 Å². The number of carbonyl (C=O) groups excluding carboxylic acids is 1. The van der Waals surface area contributed by atoms with Gasteiger partial charge in [-0.1, -0.05) is 30.3 Å². The predicted octanol–water partition coefficient (Wildman–Crippen LogP) is 1.94. The summed E-state index contributed by atoms with van der Waals surface area (Å²) < 4.78 is 1.18. The molecule has 0 aliphatic carbocycles. The van der Waals surface area contributed by atoms with Gasteiger partial charge in [-0.25, -0.2) is 10.2 Å². The van der Waals surface area contributed by atoms with Gasteiger partial charge in [0.2, 0.25) is 5.78 Å². The van der Waals surface area contributed by atoms with E-state index >= 15 is 0 Å². The number of nitrogens with one attached hydrogen (secondary N) is 1. The highest BCUT2D eigenvalue weighted by Crippen LogP contribution is 2.09. The number of benzene rings is 1. The lowest BCUT2D eigenvalue weighted by Gasteiger charge is -2.07. The van der Waals surface area contributed by atoms with Crippen molar-refractivity contribution in [3.8, 4) is 0 Å². The molecule has 0 aliphatic heterocycles. The third kappa shape index (κ3) is 2.34. The van der Waals surface area contributed by atoms with Crippen molar-refractivity contribution in [2.24, 2.45) is 0 Å². The van der Waals surface area contributed by atoms with Crippen LogP contribution in [0.1, 0.15) is 16.1 Å². The third-order valence-corrected chi connectivity index (χ3v) is 2.23. The van der Waals surface area contributed by atoms with Crippen molar-refractivity contribution in [1.82, 2.24) is 4.68 Å². The molecule has 86 valence electrons. The molecular formula is C12H10N2O3. The van der Waals surface area contributed by atoms with Crippen LogP contribution < -0.4 is 5.43 Å². The van der Waals surface area contributed by atoms with Crippen LogP contribution in [0.3, 0.4) is 0 Å². The SMILES string of the molecule is O=C(O)Nn1cccc1C(=O)c1ccccc1. The van der Waals surface area contributed by atoms with Crippen molar-refractivity contribution in [3.05, 3.63) is 59.9 Å². The summed E-state index contributed by atoms with van der Waals surface area (Å²) in [5, 5.41) is 8.62. The van der Waals surface area contributed by atoms with E-state index in [4.69, 9.17) is 5.11 Å². The molecule has 0 saturated carbocycles. The maximum Gasteiger partial charge on any atom is 0.423 e. The zero-order valence-corrected chi connectivity index (χ0v) is 8.83. The van der Waals surface area contributed by atoms with Crippen LogP contribution >= 0.6 is 0 Å². The minimum atomic E-state index is -1.22. The standard InChI is InChI=1S/C12H10N2O3/c15-11(9-5-2-1-3-6-9)10-7-4-8-14(10)13-12(16)17/h1-8,13H,(H,16,17). The van der Waals surface area contributed by atoms with E-state index in [-0.39, 0.29) is 11.5 Å². The second kappa shape index (κ2) is 4.52. The Hall–Kier alpha value is -2.56. The van der Waals surface area contributed by atoms with Gasteiger partial charge in [-0.15, -0.1) is 0 Å². The molecule has 5 heteroatoms. The molecule has 0 aliphatic rings. The van der Waals surface area contributed by atoms with Crippen LogP contribution in [-0.4, -0.2) is 21.7 Å². The second-order valence-corrected chi connectivity index (χ2v) is 3.38. The van der Waals surface area contributed by atoms with Gasteiger partial charge in [0.1, 0.15) is 5.69 Å². The lowest BCUT2D eigenvalue weighted by molar-refractivity contribution is 0.103. The molecule has 1 aromatic heterocycles. The molecule has 0 fully saturated rings. The van der Waals surface area contributed by atoms with Crippen molar-refractivity contribution >= 4 is 11.9 Å². The van der Waals surface area contributed by atoms with Crippen LogP contribution in [0, 0.1) is 0 Å². The molecule has 5 nitrogen and oxygen atoms in total. The molecule has 1 heterocycles. The van der Waals surface area contributed by atoms with Crippen molar-refractivity contribution in [3.63, 3.8) is 0 Å². The molecule has 2 N–H and O–H groups in total. The Labute approximate surface area is 97.3 Å². The first-order valence-electron chi connectivity index (χ1n) is 4.95. The number of nitrogens with zero attached hydrogens (tertiary/aromatic N) is 1. The van der Waals surface area contributed by atoms with Gasteiger partial charge in [-0.3, -0.25) is 9.47 Å². The number of ketones is 1. The molecule has 0 saturated heterocycles. The summed E-state index contributed by atoms with van der Waals surface area (Å²) in [5.74, 6) is -0.232. The maximum absolute atomic E-state index is 12.1. The number of carboxylic acid groups (broad SMARTS) is 1. The highest BCUT2D eigenvalue weighted by molar-refractivity contribution is 6.08. The monoisotopic (exact) mass is 230 g/mol. The first-order valence-corrected chi connectivity index (χ1v) is 4.95. The van der Waals surface area contributed by atoms with Gasteiger partial charge in [-0.05, 0) is 12.1 Å². The van der Waals surface area contributed by atoms with Crippen LogP contribution in [0.5, 0.6) is 0 Å². The molecule has 2 aromatic rings. The number of rotatable bonds is 3. The average molecular weight is 230 g/mol. The molecule has 0 radical (unpaired) electrons. The fraction of sp³-hybridized carbons (Fsp3) is 0. The van der Waals surface area contributed by atoms with E-state index in [2.05, 4.69) is 5.43 Å². The van der Waals surface area contributed by atoms with Gasteiger partial charge in [-0.2, -0.15) is 0 Å². The van der Waals surface area contributed by atoms with Gasteiger partial charge >= 0.3 is 6.09 Å². The lowest BCUT2D eigenvalue weighted by atomic mass is 10.1.